The largest absolute Gasteiger partial charge is 0.416 e. The predicted molar refractivity (Wildman–Crippen MR) is 118 cm³/mol. The molecule has 0 radical (unpaired) electrons. The summed E-state index contributed by atoms with van der Waals surface area (Å²) in [6.45, 7) is 10.3. The minimum Gasteiger partial charge on any atom is -0.304 e. The van der Waals surface area contributed by atoms with Gasteiger partial charge in [-0.3, -0.25) is 9.98 Å². The minimum atomic E-state index is -4.34. The van der Waals surface area contributed by atoms with Gasteiger partial charge in [-0.25, -0.2) is 4.98 Å². The Hall–Kier alpha value is -2.01. The van der Waals surface area contributed by atoms with Crippen molar-refractivity contribution in [1.29, 1.82) is 0 Å². The molecule has 0 bridgehead atoms. The highest BCUT2D eigenvalue weighted by Gasteiger charge is 2.30. The van der Waals surface area contributed by atoms with Crippen molar-refractivity contribution in [3.05, 3.63) is 46.3 Å². The molecule has 0 aliphatic carbocycles. The van der Waals surface area contributed by atoms with Gasteiger partial charge in [0.15, 0.2) is 0 Å². The zero-order chi connectivity index (χ0) is 21.1. The Morgan fingerprint density at radius 1 is 1.21 bits per heavy atom. The topological polar surface area (TPSA) is 61.7 Å². The van der Waals surface area contributed by atoms with E-state index in [1.807, 2.05) is 0 Å². The number of benzene rings is 1. The van der Waals surface area contributed by atoms with Gasteiger partial charge in [-0.15, -0.1) is 23.1 Å². The first kappa shape index (κ1) is 23.3. The molecule has 2 aromatic rings. The van der Waals surface area contributed by atoms with E-state index in [2.05, 4.69) is 39.0 Å². The molecule has 0 saturated carbocycles. The van der Waals surface area contributed by atoms with Crippen molar-refractivity contribution in [2.75, 3.05) is 25.6 Å². The van der Waals surface area contributed by atoms with Gasteiger partial charge in [0.2, 0.25) is 0 Å². The summed E-state index contributed by atoms with van der Waals surface area (Å²) >= 11 is 2.74. The molecule has 0 spiro atoms. The third-order valence-corrected chi connectivity index (χ3v) is 5.33. The van der Waals surface area contributed by atoms with Gasteiger partial charge in [0, 0.05) is 23.0 Å². The maximum atomic E-state index is 12.6. The monoisotopic (exact) mass is 441 g/mol. The number of hydrogen-bond acceptors (Lipinski definition) is 7. The van der Waals surface area contributed by atoms with Gasteiger partial charge in [0.1, 0.15) is 10.7 Å². The summed E-state index contributed by atoms with van der Waals surface area (Å²) in [6.07, 6.45) is -3.06. The van der Waals surface area contributed by atoms with Crippen molar-refractivity contribution in [2.24, 2.45) is 9.98 Å². The van der Waals surface area contributed by atoms with E-state index in [0.29, 0.717) is 27.8 Å². The molecule has 2 N–H and O–H groups in total. The molecule has 1 saturated heterocycles. The lowest BCUT2D eigenvalue weighted by atomic mass is 10.1. The van der Waals surface area contributed by atoms with Crippen LogP contribution in [0.25, 0.3) is 16.3 Å². The molecule has 1 aromatic heterocycles. The van der Waals surface area contributed by atoms with Crippen molar-refractivity contribution in [1.82, 2.24) is 15.6 Å². The molecule has 0 unspecified atom stereocenters. The summed E-state index contributed by atoms with van der Waals surface area (Å²) in [6, 6.07) is 4.91. The van der Waals surface area contributed by atoms with Crippen LogP contribution in [0, 0.1) is 0 Å². The molecule has 1 aliphatic heterocycles. The lowest BCUT2D eigenvalue weighted by Crippen LogP contribution is -2.37. The highest BCUT2D eigenvalue weighted by molar-refractivity contribution is 8.02. The fourth-order valence-corrected chi connectivity index (χ4v) is 3.63. The SMILES string of the molecule is C1CNCNC1.C=NCS/C=C(\N=C)c1csc(-c2ccc(C(F)(F)F)cc2)n1. The van der Waals surface area contributed by atoms with Gasteiger partial charge >= 0.3 is 6.18 Å². The number of thiazole rings is 1. The van der Waals surface area contributed by atoms with E-state index in [1.54, 1.807) is 10.8 Å². The molecule has 10 heteroatoms. The van der Waals surface area contributed by atoms with Crippen LogP contribution in [-0.4, -0.2) is 44.1 Å². The van der Waals surface area contributed by atoms with Gasteiger partial charge in [0.25, 0.3) is 0 Å². The normalized spacial score (nSPS) is 14.7. The summed E-state index contributed by atoms with van der Waals surface area (Å²) in [7, 11) is 0. The van der Waals surface area contributed by atoms with Crippen LogP contribution in [0.15, 0.2) is 45.0 Å². The second kappa shape index (κ2) is 11.9. The molecule has 5 nitrogen and oxygen atoms in total. The van der Waals surface area contributed by atoms with Crippen LogP contribution in [0.5, 0.6) is 0 Å². The Labute approximate surface area is 176 Å². The third-order valence-electron chi connectivity index (χ3n) is 3.71. The zero-order valence-electron chi connectivity index (χ0n) is 15.7. The van der Waals surface area contributed by atoms with Crippen LogP contribution >= 0.6 is 23.1 Å². The van der Waals surface area contributed by atoms with E-state index in [0.717, 1.165) is 18.8 Å². The summed E-state index contributed by atoms with van der Waals surface area (Å²) in [5, 5.41) is 10.5. The summed E-state index contributed by atoms with van der Waals surface area (Å²) in [5.74, 6) is 0.495. The third kappa shape index (κ3) is 7.73. The second-order valence-electron chi connectivity index (χ2n) is 5.82. The van der Waals surface area contributed by atoms with E-state index in [9.17, 15) is 13.2 Å². The van der Waals surface area contributed by atoms with Crippen molar-refractivity contribution in [3.8, 4) is 10.6 Å². The van der Waals surface area contributed by atoms with E-state index in [1.165, 1.54) is 54.7 Å². The number of aliphatic imine (C=N–C) groups is 2. The zero-order valence-corrected chi connectivity index (χ0v) is 17.3. The highest BCUT2D eigenvalue weighted by atomic mass is 32.2. The van der Waals surface area contributed by atoms with Crippen molar-refractivity contribution in [2.45, 2.75) is 12.6 Å². The average Bonchev–Trinajstić information content (AvgIpc) is 3.22. The van der Waals surface area contributed by atoms with Gasteiger partial charge in [-0.05, 0) is 45.1 Å². The standard InChI is InChI=1S/C15H12F3N3S2.C4H10N2/c1-19-9-22-7-12(20-2)13-8-23-14(21-13)10-3-5-11(6-4-10)15(16,17)18;1-2-5-4-6-3-1/h3-8H,1-2,9H2;5-6H,1-4H2/b12-7-;. The maximum Gasteiger partial charge on any atom is 0.416 e. The van der Waals surface area contributed by atoms with Gasteiger partial charge in [-0.1, -0.05) is 12.1 Å². The summed E-state index contributed by atoms with van der Waals surface area (Å²) in [4.78, 5) is 12.0. The first-order valence-corrected chi connectivity index (χ1v) is 10.6. The van der Waals surface area contributed by atoms with Gasteiger partial charge in [-0.2, -0.15) is 13.2 Å². The number of rotatable bonds is 6. The molecule has 1 fully saturated rings. The molecule has 29 heavy (non-hydrogen) atoms. The van der Waals surface area contributed by atoms with E-state index >= 15 is 0 Å². The van der Waals surface area contributed by atoms with Crippen LogP contribution < -0.4 is 10.6 Å². The highest BCUT2D eigenvalue weighted by Crippen LogP contribution is 2.32. The molecular formula is C19H22F3N5S2. The Morgan fingerprint density at radius 2 is 1.90 bits per heavy atom. The fraction of sp³-hybridized carbons (Fsp3) is 0.316. The Morgan fingerprint density at radius 3 is 2.38 bits per heavy atom. The number of nitrogens with one attached hydrogen (secondary N) is 2. The van der Waals surface area contributed by atoms with Crippen LogP contribution in [-0.2, 0) is 6.18 Å². The van der Waals surface area contributed by atoms with E-state index in [4.69, 9.17) is 0 Å². The maximum absolute atomic E-state index is 12.6. The number of nitrogens with zero attached hydrogens (tertiary/aromatic N) is 3. The molecule has 2 heterocycles. The predicted octanol–water partition coefficient (Wildman–Crippen LogP) is 4.75. The number of alkyl halides is 3. The molecular weight excluding hydrogens is 419 g/mol. The number of thioether (sulfide) groups is 1. The lowest BCUT2D eigenvalue weighted by molar-refractivity contribution is -0.137. The Bertz CT molecular complexity index is 800. The van der Waals surface area contributed by atoms with E-state index in [-0.39, 0.29) is 0 Å². The molecule has 0 amide bonds. The number of aromatic nitrogens is 1. The summed E-state index contributed by atoms with van der Waals surface area (Å²) in [5.41, 5.74) is 1.15. The minimum absolute atomic E-state index is 0.495. The van der Waals surface area contributed by atoms with E-state index < -0.39 is 11.7 Å². The molecule has 3 rings (SSSR count). The number of hydrogen-bond donors (Lipinski definition) is 2. The quantitative estimate of drug-likeness (QED) is 0.502. The first-order valence-electron chi connectivity index (χ1n) is 8.71. The fourth-order valence-electron chi connectivity index (χ4n) is 2.28. The second-order valence-corrected chi connectivity index (χ2v) is 7.51. The summed E-state index contributed by atoms with van der Waals surface area (Å²) < 4.78 is 37.7. The average molecular weight is 442 g/mol. The smallest absolute Gasteiger partial charge is 0.304 e. The molecule has 1 aliphatic rings. The van der Waals surface area contributed by atoms with Gasteiger partial charge in [0.05, 0.1) is 17.1 Å². The van der Waals surface area contributed by atoms with Crippen LogP contribution in [0.2, 0.25) is 0 Å². The molecule has 156 valence electrons. The van der Waals surface area contributed by atoms with Gasteiger partial charge < -0.3 is 10.6 Å². The van der Waals surface area contributed by atoms with Crippen LogP contribution in [0.1, 0.15) is 17.7 Å². The van der Waals surface area contributed by atoms with Crippen molar-refractivity contribution >= 4 is 42.2 Å². The van der Waals surface area contributed by atoms with Crippen LogP contribution in [0.3, 0.4) is 0 Å². The van der Waals surface area contributed by atoms with Crippen molar-refractivity contribution < 1.29 is 13.2 Å². The molecule has 1 aromatic carbocycles. The lowest BCUT2D eigenvalue weighted by Gasteiger charge is -2.11. The van der Waals surface area contributed by atoms with Crippen molar-refractivity contribution in [3.63, 3.8) is 0 Å². The molecule has 0 atom stereocenters. The first-order chi connectivity index (χ1) is 14.0. The Balaban J connectivity index is 0.000000426. The number of halogens is 3. The Kier molecular flexibility index (Phi) is 9.52. The van der Waals surface area contributed by atoms with Crippen LogP contribution in [0.4, 0.5) is 13.2 Å².